The number of hydrogen-bond acceptors (Lipinski definition) is 3. The van der Waals surface area contributed by atoms with Crippen molar-refractivity contribution in [3.05, 3.63) is 59.4 Å². The van der Waals surface area contributed by atoms with Crippen LogP contribution in [0.25, 0.3) is 0 Å². The van der Waals surface area contributed by atoms with Crippen LogP contribution in [0.3, 0.4) is 0 Å². The van der Waals surface area contributed by atoms with E-state index in [2.05, 4.69) is 30.1 Å². The molecular formula is C16H16N2O. The van der Waals surface area contributed by atoms with Crippen molar-refractivity contribution in [2.45, 2.75) is 26.4 Å². The SMILES string of the molecule is CCCc1ccc(OCc2cccnc2C#N)cc1. The van der Waals surface area contributed by atoms with E-state index in [0.29, 0.717) is 12.3 Å². The van der Waals surface area contributed by atoms with Crippen molar-refractivity contribution in [3.8, 4) is 11.8 Å². The van der Waals surface area contributed by atoms with Crippen molar-refractivity contribution in [2.24, 2.45) is 0 Å². The number of nitriles is 1. The summed E-state index contributed by atoms with van der Waals surface area (Å²) in [6.45, 7) is 2.53. The summed E-state index contributed by atoms with van der Waals surface area (Å²) in [6, 6.07) is 13.8. The maximum atomic E-state index is 8.94. The van der Waals surface area contributed by atoms with E-state index < -0.39 is 0 Å². The van der Waals surface area contributed by atoms with Gasteiger partial charge >= 0.3 is 0 Å². The van der Waals surface area contributed by atoms with Gasteiger partial charge in [-0.05, 0) is 30.2 Å². The van der Waals surface area contributed by atoms with Gasteiger partial charge in [-0.2, -0.15) is 5.26 Å². The number of aromatic nitrogens is 1. The zero-order valence-corrected chi connectivity index (χ0v) is 11.0. The fourth-order valence-corrected chi connectivity index (χ4v) is 1.86. The van der Waals surface area contributed by atoms with Gasteiger partial charge in [0.2, 0.25) is 0 Å². The molecule has 0 aliphatic rings. The molecule has 0 aliphatic heterocycles. The third-order valence-electron chi connectivity index (χ3n) is 2.85. The summed E-state index contributed by atoms with van der Waals surface area (Å²) in [5.41, 5.74) is 2.54. The third-order valence-corrected chi connectivity index (χ3v) is 2.85. The largest absolute Gasteiger partial charge is 0.489 e. The fraction of sp³-hybridized carbons (Fsp3) is 0.250. The normalized spacial score (nSPS) is 9.89. The quantitative estimate of drug-likeness (QED) is 0.818. The number of aryl methyl sites for hydroxylation is 1. The molecule has 0 aliphatic carbocycles. The first-order chi connectivity index (χ1) is 9.33. The van der Waals surface area contributed by atoms with E-state index in [1.807, 2.05) is 24.3 Å². The lowest BCUT2D eigenvalue weighted by Gasteiger charge is -2.07. The topological polar surface area (TPSA) is 45.9 Å². The lowest BCUT2D eigenvalue weighted by Crippen LogP contribution is -1.99. The number of hydrogen-bond donors (Lipinski definition) is 0. The second-order valence-corrected chi connectivity index (χ2v) is 4.31. The minimum atomic E-state index is 0.365. The van der Waals surface area contributed by atoms with Crippen LogP contribution in [-0.2, 0) is 13.0 Å². The van der Waals surface area contributed by atoms with E-state index in [-0.39, 0.29) is 0 Å². The Hall–Kier alpha value is -2.34. The number of pyridine rings is 1. The predicted molar refractivity (Wildman–Crippen MR) is 73.7 cm³/mol. The highest BCUT2D eigenvalue weighted by atomic mass is 16.5. The number of benzene rings is 1. The van der Waals surface area contributed by atoms with Gasteiger partial charge in [0.25, 0.3) is 0 Å². The van der Waals surface area contributed by atoms with Gasteiger partial charge in [-0.1, -0.05) is 31.5 Å². The van der Waals surface area contributed by atoms with Gasteiger partial charge in [0.05, 0.1) is 0 Å². The van der Waals surface area contributed by atoms with Crippen molar-refractivity contribution in [1.82, 2.24) is 4.98 Å². The molecule has 0 fully saturated rings. The number of nitrogens with zero attached hydrogens (tertiary/aromatic N) is 2. The van der Waals surface area contributed by atoms with Crippen LogP contribution < -0.4 is 4.74 Å². The van der Waals surface area contributed by atoms with Crippen molar-refractivity contribution in [3.63, 3.8) is 0 Å². The maximum absolute atomic E-state index is 8.94. The first-order valence-corrected chi connectivity index (χ1v) is 6.39. The number of ether oxygens (including phenoxy) is 1. The molecule has 0 atom stereocenters. The Bertz CT molecular complexity index is 570. The molecule has 3 heteroatoms. The molecule has 0 N–H and O–H groups in total. The molecule has 1 heterocycles. The molecule has 2 rings (SSSR count). The van der Waals surface area contributed by atoms with Crippen molar-refractivity contribution in [1.29, 1.82) is 5.26 Å². The highest BCUT2D eigenvalue weighted by Gasteiger charge is 2.03. The van der Waals surface area contributed by atoms with E-state index in [1.165, 1.54) is 5.56 Å². The molecule has 96 valence electrons. The lowest BCUT2D eigenvalue weighted by molar-refractivity contribution is 0.305. The molecule has 0 unspecified atom stereocenters. The van der Waals surface area contributed by atoms with Crippen molar-refractivity contribution < 1.29 is 4.74 Å². The summed E-state index contributed by atoms with van der Waals surface area (Å²) in [6.07, 6.45) is 3.84. The fourth-order valence-electron chi connectivity index (χ4n) is 1.86. The average molecular weight is 252 g/mol. The van der Waals surface area contributed by atoms with E-state index >= 15 is 0 Å². The summed E-state index contributed by atoms with van der Waals surface area (Å²) in [5.74, 6) is 0.813. The molecule has 19 heavy (non-hydrogen) atoms. The molecule has 0 bridgehead atoms. The second-order valence-electron chi connectivity index (χ2n) is 4.31. The summed E-state index contributed by atoms with van der Waals surface area (Å²) in [5, 5.41) is 8.94. The predicted octanol–water partition coefficient (Wildman–Crippen LogP) is 3.48. The minimum absolute atomic E-state index is 0.365. The summed E-state index contributed by atoms with van der Waals surface area (Å²) in [7, 11) is 0. The molecule has 0 saturated carbocycles. The van der Waals surface area contributed by atoms with Crippen LogP contribution in [0.5, 0.6) is 5.75 Å². The second kappa shape index (κ2) is 6.55. The van der Waals surface area contributed by atoms with Gasteiger partial charge in [0.1, 0.15) is 24.1 Å². The summed E-state index contributed by atoms with van der Waals surface area (Å²) >= 11 is 0. The summed E-state index contributed by atoms with van der Waals surface area (Å²) in [4.78, 5) is 4.01. The van der Waals surface area contributed by atoms with Crippen LogP contribution in [0, 0.1) is 11.3 Å². The van der Waals surface area contributed by atoms with Crippen LogP contribution in [0.2, 0.25) is 0 Å². The standard InChI is InChI=1S/C16H16N2O/c1-2-4-13-6-8-15(9-7-13)19-12-14-5-3-10-18-16(14)11-17/h3,5-10H,2,4,12H2,1H3. The lowest BCUT2D eigenvalue weighted by atomic mass is 10.1. The van der Waals surface area contributed by atoms with Crippen molar-refractivity contribution >= 4 is 0 Å². The first kappa shape index (κ1) is 13.1. The highest BCUT2D eigenvalue weighted by molar-refractivity contribution is 5.31. The zero-order valence-electron chi connectivity index (χ0n) is 11.0. The van der Waals surface area contributed by atoms with E-state index in [9.17, 15) is 0 Å². The van der Waals surface area contributed by atoms with Crippen LogP contribution in [-0.4, -0.2) is 4.98 Å². The smallest absolute Gasteiger partial charge is 0.147 e. The third kappa shape index (κ3) is 3.56. The van der Waals surface area contributed by atoms with Crippen molar-refractivity contribution in [2.75, 3.05) is 0 Å². The van der Waals surface area contributed by atoms with Gasteiger partial charge in [-0.25, -0.2) is 4.98 Å². The first-order valence-electron chi connectivity index (χ1n) is 6.39. The Labute approximate surface area is 113 Å². The molecule has 2 aromatic rings. The van der Waals surface area contributed by atoms with Crippen LogP contribution >= 0.6 is 0 Å². The van der Waals surface area contributed by atoms with Crippen LogP contribution in [0.4, 0.5) is 0 Å². The Morgan fingerprint density at radius 1 is 1.21 bits per heavy atom. The molecule has 1 aromatic heterocycles. The Morgan fingerprint density at radius 2 is 2.00 bits per heavy atom. The minimum Gasteiger partial charge on any atom is -0.489 e. The molecule has 3 nitrogen and oxygen atoms in total. The van der Waals surface area contributed by atoms with E-state index in [1.54, 1.807) is 6.20 Å². The Kier molecular flexibility index (Phi) is 4.52. The highest BCUT2D eigenvalue weighted by Crippen LogP contribution is 2.15. The maximum Gasteiger partial charge on any atom is 0.147 e. The van der Waals surface area contributed by atoms with Gasteiger partial charge in [0, 0.05) is 11.8 Å². The van der Waals surface area contributed by atoms with Gasteiger partial charge < -0.3 is 4.74 Å². The van der Waals surface area contributed by atoms with E-state index in [4.69, 9.17) is 10.00 Å². The van der Waals surface area contributed by atoms with E-state index in [0.717, 1.165) is 24.2 Å². The molecule has 0 radical (unpaired) electrons. The summed E-state index contributed by atoms with van der Waals surface area (Å²) < 4.78 is 5.68. The zero-order chi connectivity index (χ0) is 13.5. The number of rotatable bonds is 5. The monoisotopic (exact) mass is 252 g/mol. The Morgan fingerprint density at radius 3 is 2.68 bits per heavy atom. The molecule has 0 saturated heterocycles. The van der Waals surface area contributed by atoms with Crippen LogP contribution in [0.1, 0.15) is 30.2 Å². The van der Waals surface area contributed by atoms with Gasteiger partial charge in [0.15, 0.2) is 0 Å². The molecule has 0 amide bonds. The van der Waals surface area contributed by atoms with Crippen LogP contribution in [0.15, 0.2) is 42.6 Å². The van der Waals surface area contributed by atoms with Gasteiger partial charge in [-0.15, -0.1) is 0 Å². The molecular weight excluding hydrogens is 236 g/mol. The molecule has 1 aromatic carbocycles. The average Bonchev–Trinajstić information content (AvgIpc) is 2.47. The molecule has 0 spiro atoms. The Balaban J connectivity index is 2.00. The van der Waals surface area contributed by atoms with Gasteiger partial charge in [-0.3, -0.25) is 0 Å².